The maximum atomic E-state index is 12.4. The van der Waals surface area contributed by atoms with Crippen molar-refractivity contribution in [2.24, 2.45) is 0 Å². The van der Waals surface area contributed by atoms with Crippen LogP contribution in [0.15, 0.2) is 24.3 Å². The van der Waals surface area contributed by atoms with Crippen LogP contribution in [0.25, 0.3) is 0 Å². The Kier molecular flexibility index (Phi) is 30.0. The Morgan fingerprint density at radius 2 is 0.739 bits per heavy atom. The van der Waals surface area contributed by atoms with Crippen LogP contribution in [-0.4, -0.2) is 50.3 Å². The van der Waals surface area contributed by atoms with E-state index in [9.17, 15) is 19.2 Å². The number of benzene rings is 1. The first-order valence-electron chi connectivity index (χ1n) is 18.2. The van der Waals surface area contributed by atoms with E-state index in [-0.39, 0.29) is 11.9 Å². The molecule has 264 valence electrons. The Bertz CT molecular complexity index is 841. The highest BCUT2D eigenvalue weighted by molar-refractivity contribution is 6.03. The van der Waals surface area contributed by atoms with Crippen LogP contribution in [0.3, 0.4) is 0 Å². The summed E-state index contributed by atoms with van der Waals surface area (Å²) in [6.45, 7) is 10.3. The Morgan fingerprint density at radius 1 is 0.413 bits per heavy atom. The highest BCUT2D eigenvalue weighted by atomic mass is 16.5. The minimum Gasteiger partial charge on any atom is -0.466 e. The molecule has 0 unspecified atom stereocenters. The van der Waals surface area contributed by atoms with Gasteiger partial charge in [0, 0.05) is 12.8 Å². The molecule has 8 heteroatoms. The molecule has 0 spiro atoms. The van der Waals surface area contributed by atoms with Crippen LogP contribution in [0, 0.1) is 0 Å². The van der Waals surface area contributed by atoms with Gasteiger partial charge in [0.2, 0.25) is 0 Å². The number of carbonyl (C=O) groups is 4. The molecule has 1 rings (SSSR count). The van der Waals surface area contributed by atoms with Crippen LogP contribution in [0.1, 0.15) is 177 Å². The van der Waals surface area contributed by atoms with Crippen LogP contribution in [0.4, 0.5) is 0 Å². The van der Waals surface area contributed by atoms with E-state index in [0.717, 1.165) is 51.4 Å². The molecule has 8 nitrogen and oxygen atoms in total. The van der Waals surface area contributed by atoms with Gasteiger partial charge in [0.1, 0.15) is 0 Å². The molecule has 0 saturated carbocycles. The maximum Gasteiger partial charge on any atom is 0.339 e. The fourth-order valence-corrected chi connectivity index (χ4v) is 4.43. The summed E-state index contributed by atoms with van der Waals surface area (Å²) < 4.78 is 20.7. The fourth-order valence-electron chi connectivity index (χ4n) is 4.43. The summed E-state index contributed by atoms with van der Waals surface area (Å²) in [5.74, 6) is -1.22. The second kappa shape index (κ2) is 32.1. The molecule has 0 heterocycles. The average molecular weight is 649 g/mol. The molecule has 1 aromatic rings. The molecule has 0 bridgehead atoms. The predicted molar refractivity (Wildman–Crippen MR) is 184 cm³/mol. The zero-order chi connectivity index (χ0) is 34.1. The summed E-state index contributed by atoms with van der Waals surface area (Å²) in [5, 5.41) is 0. The van der Waals surface area contributed by atoms with Gasteiger partial charge < -0.3 is 18.9 Å². The summed E-state index contributed by atoms with van der Waals surface area (Å²) in [4.78, 5) is 47.2. The Balaban J connectivity index is 0.000000973. The summed E-state index contributed by atoms with van der Waals surface area (Å²) in [7, 11) is 0. The molecule has 0 aliphatic heterocycles. The van der Waals surface area contributed by atoms with Crippen molar-refractivity contribution in [3.63, 3.8) is 0 Å². The van der Waals surface area contributed by atoms with E-state index in [0.29, 0.717) is 63.2 Å². The van der Waals surface area contributed by atoms with Crippen molar-refractivity contribution in [2.75, 3.05) is 26.4 Å². The third-order valence-corrected chi connectivity index (χ3v) is 7.36. The van der Waals surface area contributed by atoms with E-state index >= 15 is 0 Å². The van der Waals surface area contributed by atoms with Crippen LogP contribution in [0.2, 0.25) is 0 Å². The molecule has 0 radical (unpaired) electrons. The van der Waals surface area contributed by atoms with E-state index in [1.807, 2.05) is 0 Å². The zero-order valence-electron chi connectivity index (χ0n) is 29.5. The van der Waals surface area contributed by atoms with Gasteiger partial charge in [0.05, 0.1) is 37.6 Å². The summed E-state index contributed by atoms with van der Waals surface area (Å²) >= 11 is 0. The Labute approximate surface area is 279 Å². The number of carbonyl (C=O) groups excluding carboxylic acids is 4. The minimum atomic E-state index is -0.444. The number of unbranched alkanes of at least 4 members (excludes halogenated alkanes) is 13. The van der Waals surface area contributed by atoms with E-state index in [1.165, 1.54) is 51.4 Å². The van der Waals surface area contributed by atoms with Gasteiger partial charge in [-0.3, -0.25) is 9.59 Å². The predicted octanol–water partition coefficient (Wildman–Crippen LogP) is 9.95. The molecule has 0 amide bonds. The number of esters is 4. The van der Waals surface area contributed by atoms with Crippen molar-refractivity contribution < 1.29 is 38.1 Å². The van der Waals surface area contributed by atoms with E-state index in [2.05, 4.69) is 27.7 Å². The Hall–Kier alpha value is -2.90. The lowest BCUT2D eigenvalue weighted by atomic mass is 10.1. The second-order valence-corrected chi connectivity index (χ2v) is 11.7. The standard InChI is InChI=1S/C24H38O4.C14H26O4/c1-3-5-7-9-11-15-19-27-23(25)21-17-13-14-18-22(21)24(26)28-20-16-12-10-8-6-4-2;1-3-5-11-17-13(15)9-7-8-10-14(16)18-12-6-4-2/h13-14,17-18H,3-12,15-16,19-20H2,1-2H3;3-12H2,1-2H3. The van der Waals surface area contributed by atoms with Crippen molar-refractivity contribution in [1.82, 2.24) is 0 Å². The Morgan fingerprint density at radius 3 is 1.11 bits per heavy atom. The maximum absolute atomic E-state index is 12.4. The van der Waals surface area contributed by atoms with Gasteiger partial charge in [-0.25, -0.2) is 9.59 Å². The summed E-state index contributed by atoms with van der Waals surface area (Å²) in [6.07, 6.45) is 19.7. The summed E-state index contributed by atoms with van der Waals surface area (Å²) in [6, 6.07) is 6.74. The third-order valence-electron chi connectivity index (χ3n) is 7.36. The molecule has 0 saturated heterocycles. The average Bonchev–Trinajstić information content (AvgIpc) is 3.06. The van der Waals surface area contributed by atoms with Gasteiger partial charge in [-0.05, 0) is 50.7 Å². The summed E-state index contributed by atoms with van der Waals surface area (Å²) in [5.41, 5.74) is 0.586. The zero-order valence-corrected chi connectivity index (χ0v) is 29.5. The number of ether oxygens (including phenoxy) is 4. The first-order valence-corrected chi connectivity index (χ1v) is 18.2. The van der Waals surface area contributed by atoms with Crippen LogP contribution in [0.5, 0.6) is 0 Å². The van der Waals surface area contributed by atoms with Gasteiger partial charge in [-0.15, -0.1) is 0 Å². The number of hydrogen-bond acceptors (Lipinski definition) is 8. The molecule has 46 heavy (non-hydrogen) atoms. The minimum absolute atomic E-state index is 0.164. The third kappa shape index (κ3) is 25.3. The molecule has 0 atom stereocenters. The number of hydrogen-bond donors (Lipinski definition) is 0. The first-order chi connectivity index (χ1) is 22.4. The first kappa shape index (κ1) is 43.1. The molecule has 0 N–H and O–H groups in total. The van der Waals surface area contributed by atoms with Gasteiger partial charge in [-0.1, -0.05) is 117 Å². The van der Waals surface area contributed by atoms with Gasteiger partial charge in [-0.2, -0.15) is 0 Å². The topological polar surface area (TPSA) is 105 Å². The second-order valence-electron chi connectivity index (χ2n) is 11.7. The van der Waals surface area contributed by atoms with Crippen molar-refractivity contribution in [3.8, 4) is 0 Å². The molecule has 0 aliphatic rings. The van der Waals surface area contributed by atoms with Gasteiger partial charge >= 0.3 is 23.9 Å². The van der Waals surface area contributed by atoms with Crippen LogP contribution in [-0.2, 0) is 28.5 Å². The van der Waals surface area contributed by atoms with Crippen LogP contribution < -0.4 is 0 Å². The van der Waals surface area contributed by atoms with Crippen molar-refractivity contribution in [2.45, 2.75) is 156 Å². The van der Waals surface area contributed by atoms with Gasteiger partial charge in [0.15, 0.2) is 0 Å². The molecule has 0 fully saturated rings. The lowest BCUT2D eigenvalue weighted by molar-refractivity contribution is -0.146. The molecule has 1 aromatic carbocycles. The largest absolute Gasteiger partial charge is 0.466 e. The fraction of sp³-hybridized carbons (Fsp3) is 0.737. The molecular formula is C38H64O8. The molecule has 0 aliphatic carbocycles. The van der Waals surface area contributed by atoms with E-state index in [1.54, 1.807) is 24.3 Å². The van der Waals surface area contributed by atoms with E-state index in [4.69, 9.17) is 18.9 Å². The van der Waals surface area contributed by atoms with Crippen molar-refractivity contribution in [1.29, 1.82) is 0 Å². The highest BCUT2D eigenvalue weighted by Crippen LogP contribution is 2.14. The monoisotopic (exact) mass is 648 g/mol. The molecular weight excluding hydrogens is 584 g/mol. The van der Waals surface area contributed by atoms with Crippen molar-refractivity contribution in [3.05, 3.63) is 35.4 Å². The molecule has 0 aromatic heterocycles. The van der Waals surface area contributed by atoms with Gasteiger partial charge in [0.25, 0.3) is 0 Å². The van der Waals surface area contributed by atoms with Crippen molar-refractivity contribution >= 4 is 23.9 Å². The lowest BCUT2D eigenvalue weighted by Gasteiger charge is -2.10. The highest BCUT2D eigenvalue weighted by Gasteiger charge is 2.18. The van der Waals surface area contributed by atoms with Crippen LogP contribution >= 0.6 is 0 Å². The number of rotatable bonds is 27. The lowest BCUT2D eigenvalue weighted by Crippen LogP contribution is -2.15. The SMILES string of the molecule is CCCCCCCCOC(=O)c1ccccc1C(=O)OCCCCCCCC.CCCCOC(=O)CCCCC(=O)OCCCC. The van der Waals surface area contributed by atoms with E-state index < -0.39 is 11.9 Å². The quantitative estimate of drug-likeness (QED) is 0.0527. The normalized spacial score (nSPS) is 10.4. The smallest absolute Gasteiger partial charge is 0.339 e.